The number of thiol groups is 1. The lowest BCUT2D eigenvalue weighted by Crippen LogP contribution is -1.93. The van der Waals surface area contributed by atoms with Gasteiger partial charge in [0.05, 0.1) is 11.0 Å². The summed E-state index contributed by atoms with van der Waals surface area (Å²) in [4.78, 5) is 1.00. The molecule has 0 unspecified atom stereocenters. The third kappa shape index (κ3) is 5.31. The van der Waals surface area contributed by atoms with Crippen molar-refractivity contribution in [1.29, 1.82) is 0 Å². The van der Waals surface area contributed by atoms with E-state index in [1.54, 1.807) is 0 Å². The van der Waals surface area contributed by atoms with Gasteiger partial charge in [0.15, 0.2) is 0 Å². The number of nitrogens with zero attached hydrogens (tertiary/aromatic N) is 1. The zero-order valence-electron chi connectivity index (χ0n) is 21.4. The van der Waals surface area contributed by atoms with Crippen LogP contribution in [0.2, 0.25) is 0 Å². The van der Waals surface area contributed by atoms with Gasteiger partial charge in [0.2, 0.25) is 0 Å². The molecule has 188 valence electrons. The van der Waals surface area contributed by atoms with Crippen molar-refractivity contribution < 1.29 is 0 Å². The van der Waals surface area contributed by atoms with Crippen LogP contribution in [0.5, 0.6) is 0 Å². The predicted octanol–water partition coefficient (Wildman–Crippen LogP) is 9.93. The molecule has 2 nitrogen and oxygen atoms in total. The summed E-state index contributed by atoms with van der Waals surface area (Å²) in [5, 5.41) is 5.66. The fourth-order valence-corrected chi connectivity index (χ4v) is 5.22. The Hall–Kier alpha value is -4.73. The van der Waals surface area contributed by atoms with Crippen molar-refractivity contribution >= 4 is 46.2 Å². The fourth-order valence-electron chi connectivity index (χ4n) is 4.90. The van der Waals surface area contributed by atoms with E-state index in [2.05, 4.69) is 113 Å². The summed E-state index contributed by atoms with van der Waals surface area (Å²) in [6.45, 7) is 0. The molecule has 39 heavy (non-hydrogen) atoms. The van der Waals surface area contributed by atoms with Crippen molar-refractivity contribution in [3.8, 4) is 16.8 Å². The van der Waals surface area contributed by atoms with Crippen LogP contribution in [-0.2, 0) is 0 Å². The molecule has 0 fully saturated rings. The molecule has 1 heterocycles. The van der Waals surface area contributed by atoms with Gasteiger partial charge in [-0.1, -0.05) is 103 Å². The number of benzene rings is 5. The molecule has 1 aromatic heterocycles. The molecule has 6 aromatic rings. The molecule has 0 amide bonds. The minimum Gasteiger partial charge on any atom is -0.362 e. The number of rotatable bonds is 7. The maximum atomic E-state index is 4.75. The normalized spacial score (nSPS) is 11.9. The van der Waals surface area contributed by atoms with Crippen molar-refractivity contribution in [1.82, 2.24) is 4.57 Å². The lowest BCUT2D eigenvalue weighted by Gasteiger charge is -2.09. The van der Waals surface area contributed by atoms with E-state index in [-0.39, 0.29) is 0 Å². The first-order valence-corrected chi connectivity index (χ1v) is 13.5. The van der Waals surface area contributed by atoms with E-state index in [9.17, 15) is 0 Å². The van der Waals surface area contributed by atoms with Gasteiger partial charge < -0.3 is 9.88 Å². The van der Waals surface area contributed by atoms with E-state index < -0.39 is 0 Å². The van der Waals surface area contributed by atoms with E-state index in [1.165, 1.54) is 38.5 Å². The number of allylic oxidation sites excluding steroid dienone is 4. The van der Waals surface area contributed by atoms with Crippen molar-refractivity contribution in [2.75, 3.05) is 5.32 Å². The molecule has 0 saturated heterocycles. The average Bonchev–Trinajstić information content (AvgIpc) is 3.33. The van der Waals surface area contributed by atoms with E-state index in [0.29, 0.717) is 0 Å². The highest BCUT2D eigenvalue weighted by Gasteiger charge is 2.13. The number of aromatic nitrogens is 1. The van der Waals surface area contributed by atoms with Gasteiger partial charge >= 0.3 is 0 Å². The second-order valence-electron chi connectivity index (χ2n) is 9.31. The number of nitrogens with one attached hydrogen (secondary N) is 1. The maximum absolute atomic E-state index is 4.75. The highest BCUT2D eigenvalue weighted by atomic mass is 32.1. The highest BCUT2D eigenvalue weighted by molar-refractivity contribution is 7.80. The molecule has 0 aliphatic carbocycles. The Balaban J connectivity index is 1.16. The number of anilines is 1. The SMILES string of the molecule is Sc1cccc2c1c1ccccc1n2-c1ccc(-c2ccc(\C=C/C=C\C=C\Nc3ccccc3)cc2)cc1. The summed E-state index contributed by atoms with van der Waals surface area (Å²) >= 11 is 4.75. The van der Waals surface area contributed by atoms with E-state index in [0.717, 1.165) is 16.3 Å². The molecule has 0 aliphatic rings. The lowest BCUT2D eigenvalue weighted by atomic mass is 10.0. The first-order valence-electron chi connectivity index (χ1n) is 13.0. The van der Waals surface area contributed by atoms with Gasteiger partial charge in [-0.15, -0.1) is 12.6 Å². The smallest absolute Gasteiger partial charge is 0.0552 e. The summed E-state index contributed by atoms with van der Waals surface area (Å²) in [5.74, 6) is 0. The minimum atomic E-state index is 1.00. The molecule has 5 aromatic carbocycles. The first kappa shape index (κ1) is 24.6. The second-order valence-corrected chi connectivity index (χ2v) is 9.79. The van der Waals surface area contributed by atoms with Crippen molar-refractivity contribution in [2.24, 2.45) is 0 Å². The Morgan fingerprint density at radius 2 is 1.23 bits per heavy atom. The van der Waals surface area contributed by atoms with Gasteiger partial charge in [0.1, 0.15) is 0 Å². The summed E-state index contributed by atoms with van der Waals surface area (Å²) in [5.41, 5.74) is 8.14. The van der Waals surface area contributed by atoms with Crippen molar-refractivity contribution in [2.45, 2.75) is 4.90 Å². The topological polar surface area (TPSA) is 17.0 Å². The quantitative estimate of drug-likeness (QED) is 0.158. The summed E-state index contributed by atoms with van der Waals surface area (Å²) in [7, 11) is 0. The van der Waals surface area contributed by atoms with Crippen LogP contribution in [0.25, 0.3) is 44.7 Å². The zero-order valence-corrected chi connectivity index (χ0v) is 22.3. The predicted molar refractivity (Wildman–Crippen MR) is 171 cm³/mol. The van der Waals surface area contributed by atoms with E-state index >= 15 is 0 Å². The maximum Gasteiger partial charge on any atom is 0.0552 e. The largest absolute Gasteiger partial charge is 0.362 e. The minimum absolute atomic E-state index is 1.00. The molecular weight excluding hydrogens is 492 g/mol. The summed E-state index contributed by atoms with van der Waals surface area (Å²) in [6.07, 6.45) is 12.1. The third-order valence-electron chi connectivity index (χ3n) is 6.79. The lowest BCUT2D eigenvalue weighted by molar-refractivity contribution is 1.18. The Labute approximate surface area is 234 Å². The molecule has 0 atom stereocenters. The second kappa shape index (κ2) is 11.3. The summed E-state index contributed by atoms with van der Waals surface area (Å²) < 4.78 is 2.32. The molecule has 0 bridgehead atoms. The van der Waals surface area contributed by atoms with Crippen LogP contribution in [-0.4, -0.2) is 4.57 Å². The van der Waals surface area contributed by atoms with Crippen LogP contribution in [0, 0.1) is 0 Å². The van der Waals surface area contributed by atoms with Gasteiger partial charge in [-0.05, 0) is 65.2 Å². The highest BCUT2D eigenvalue weighted by Crippen LogP contribution is 2.35. The molecule has 0 spiro atoms. The van der Waals surface area contributed by atoms with Crippen LogP contribution in [0.15, 0.2) is 157 Å². The number of hydrogen-bond acceptors (Lipinski definition) is 2. The van der Waals surface area contributed by atoms with Gasteiger partial charge in [-0.2, -0.15) is 0 Å². The number of fused-ring (bicyclic) bond motifs is 3. The zero-order chi connectivity index (χ0) is 26.4. The number of hydrogen-bond donors (Lipinski definition) is 2. The van der Waals surface area contributed by atoms with E-state index in [1.807, 2.05) is 54.8 Å². The molecule has 0 saturated carbocycles. The molecule has 6 rings (SSSR count). The fraction of sp³-hybridized carbons (Fsp3) is 0. The Kier molecular flexibility index (Phi) is 7.15. The molecule has 0 aliphatic heterocycles. The van der Waals surface area contributed by atoms with Crippen LogP contribution in [0.4, 0.5) is 5.69 Å². The Bertz CT molecular complexity index is 1810. The van der Waals surface area contributed by atoms with Crippen LogP contribution in [0.1, 0.15) is 5.56 Å². The standard InChI is InChI=1S/C36H28N2S/c39-35-17-10-16-34-36(35)32-14-7-8-15-33(32)38(34)31-24-22-29(23-25-31)28-20-18-27(19-21-28)11-4-1-2-9-26-37-30-12-5-3-6-13-30/h1-26,37,39H/b2-1-,11-4-,26-9+. The van der Waals surface area contributed by atoms with Gasteiger partial charge in [-0.3, -0.25) is 0 Å². The van der Waals surface area contributed by atoms with Gasteiger partial charge in [-0.25, -0.2) is 0 Å². The average molecular weight is 521 g/mol. The first-order chi connectivity index (χ1) is 19.3. The molecule has 3 heteroatoms. The van der Waals surface area contributed by atoms with Crippen LogP contribution < -0.4 is 5.32 Å². The van der Waals surface area contributed by atoms with Crippen molar-refractivity contribution in [3.05, 3.63) is 157 Å². The van der Waals surface area contributed by atoms with Crippen molar-refractivity contribution in [3.63, 3.8) is 0 Å². The molecule has 0 radical (unpaired) electrons. The van der Waals surface area contributed by atoms with Gasteiger partial charge in [0.25, 0.3) is 0 Å². The molecular formula is C36H28N2S. The Morgan fingerprint density at radius 1 is 0.564 bits per heavy atom. The van der Waals surface area contributed by atoms with Gasteiger partial charge in [0, 0.05) is 33.2 Å². The summed E-state index contributed by atoms with van der Waals surface area (Å²) in [6, 6.07) is 42.4. The molecule has 1 N–H and O–H groups in total. The van der Waals surface area contributed by atoms with Crippen LogP contribution in [0.3, 0.4) is 0 Å². The van der Waals surface area contributed by atoms with E-state index in [4.69, 9.17) is 12.6 Å². The monoisotopic (exact) mass is 520 g/mol. The number of para-hydroxylation sites is 2. The third-order valence-corrected chi connectivity index (χ3v) is 7.16. The Morgan fingerprint density at radius 3 is 2.03 bits per heavy atom. The van der Waals surface area contributed by atoms with Crippen LogP contribution >= 0.6 is 12.6 Å².